The van der Waals surface area contributed by atoms with Crippen LogP contribution in [0.4, 0.5) is 5.13 Å². The molecule has 2 heterocycles. The van der Waals surface area contributed by atoms with Gasteiger partial charge >= 0.3 is 0 Å². The Labute approximate surface area is 138 Å². The summed E-state index contributed by atoms with van der Waals surface area (Å²) in [6, 6.07) is 9.99. The van der Waals surface area contributed by atoms with E-state index < -0.39 is 0 Å². The average Bonchev–Trinajstić information content (AvgIpc) is 3.22. The number of hydrogen-bond acceptors (Lipinski definition) is 4. The van der Waals surface area contributed by atoms with E-state index in [1.807, 2.05) is 48.1 Å². The number of aryl methyl sites for hydroxylation is 1. The predicted molar refractivity (Wildman–Crippen MR) is 91.1 cm³/mol. The van der Waals surface area contributed by atoms with Gasteiger partial charge in [-0.25, -0.2) is 9.97 Å². The van der Waals surface area contributed by atoms with Crippen molar-refractivity contribution in [1.82, 2.24) is 14.5 Å². The Bertz CT molecular complexity index is 849. The Balaban J connectivity index is 1.77. The molecular weight excluding hydrogens is 308 g/mol. The van der Waals surface area contributed by atoms with Crippen LogP contribution in [0.2, 0.25) is 0 Å². The van der Waals surface area contributed by atoms with Crippen LogP contribution in [0.5, 0.6) is 0 Å². The van der Waals surface area contributed by atoms with Crippen LogP contribution in [0.1, 0.15) is 12.8 Å². The molecule has 0 unspecified atom stereocenters. The normalized spacial score (nSPS) is 14.0. The maximum absolute atomic E-state index is 12.0. The second-order valence-electron chi connectivity index (χ2n) is 5.69. The lowest BCUT2D eigenvalue weighted by Gasteiger charge is -2.02. The van der Waals surface area contributed by atoms with E-state index >= 15 is 0 Å². The summed E-state index contributed by atoms with van der Waals surface area (Å²) in [5, 5.41) is 3.58. The third kappa shape index (κ3) is 2.77. The van der Waals surface area contributed by atoms with Crippen LogP contribution >= 0.6 is 11.3 Å². The van der Waals surface area contributed by atoms with Crippen molar-refractivity contribution in [1.29, 1.82) is 0 Å². The van der Waals surface area contributed by atoms with E-state index in [1.54, 1.807) is 6.20 Å². The summed E-state index contributed by atoms with van der Waals surface area (Å²) in [7, 11) is 1.96. The summed E-state index contributed by atoms with van der Waals surface area (Å²) in [6.07, 6.45) is 5.64. The number of amides is 1. The largest absolute Gasteiger partial charge is 0.333 e. The lowest BCUT2D eigenvalue weighted by Crippen LogP contribution is -2.12. The van der Waals surface area contributed by atoms with Crippen LogP contribution in [-0.2, 0) is 11.8 Å². The maximum atomic E-state index is 12.0. The van der Waals surface area contributed by atoms with Crippen LogP contribution in [0, 0.1) is 5.92 Å². The van der Waals surface area contributed by atoms with Crippen LogP contribution in [0.25, 0.3) is 22.0 Å². The van der Waals surface area contributed by atoms with Gasteiger partial charge in [0.1, 0.15) is 0 Å². The van der Waals surface area contributed by atoms with Crippen molar-refractivity contribution in [3.8, 4) is 22.0 Å². The van der Waals surface area contributed by atoms with Crippen molar-refractivity contribution in [3.05, 3.63) is 42.7 Å². The number of carbonyl (C=O) groups excluding carboxylic acids is 1. The highest BCUT2D eigenvalue weighted by Gasteiger charge is 2.30. The van der Waals surface area contributed by atoms with Crippen LogP contribution in [0.15, 0.2) is 42.7 Å². The number of aromatic nitrogens is 3. The fourth-order valence-electron chi connectivity index (χ4n) is 2.45. The minimum atomic E-state index is 0.0738. The second kappa shape index (κ2) is 5.62. The van der Waals surface area contributed by atoms with Gasteiger partial charge in [0, 0.05) is 30.9 Å². The number of rotatable bonds is 4. The Kier molecular flexibility index (Phi) is 3.46. The average molecular weight is 324 g/mol. The smallest absolute Gasteiger partial charge is 0.229 e. The van der Waals surface area contributed by atoms with E-state index in [4.69, 9.17) is 0 Å². The third-order valence-corrected chi connectivity index (χ3v) is 4.84. The van der Waals surface area contributed by atoms with Gasteiger partial charge < -0.3 is 9.88 Å². The van der Waals surface area contributed by atoms with Crippen molar-refractivity contribution < 1.29 is 4.79 Å². The van der Waals surface area contributed by atoms with E-state index in [2.05, 4.69) is 15.3 Å². The molecule has 1 N–H and O–H groups in total. The van der Waals surface area contributed by atoms with Gasteiger partial charge in [-0.15, -0.1) is 0 Å². The first kappa shape index (κ1) is 14.1. The molecule has 0 atom stereocenters. The van der Waals surface area contributed by atoms with Gasteiger partial charge in [0.05, 0.1) is 10.6 Å². The van der Waals surface area contributed by atoms with Crippen molar-refractivity contribution in [2.45, 2.75) is 12.8 Å². The number of nitrogens with one attached hydrogen (secondary N) is 1. The number of benzene rings is 1. The summed E-state index contributed by atoms with van der Waals surface area (Å²) in [5.74, 6) is 1.09. The number of carbonyl (C=O) groups is 1. The highest BCUT2D eigenvalue weighted by Crippen LogP contribution is 2.39. The summed E-state index contributed by atoms with van der Waals surface area (Å²) in [4.78, 5) is 22.1. The Morgan fingerprint density at radius 1 is 1.30 bits per heavy atom. The Morgan fingerprint density at radius 3 is 2.74 bits per heavy atom. The maximum Gasteiger partial charge on any atom is 0.229 e. The molecule has 5 nitrogen and oxygen atoms in total. The molecule has 2 aromatic heterocycles. The number of hydrogen-bond donors (Lipinski definition) is 1. The zero-order valence-corrected chi connectivity index (χ0v) is 13.5. The molecule has 0 saturated heterocycles. The Hall–Kier alpha value is -2.47. The van der Waals surface area contributed by atoms with Gasteiger partial charge in [-0.2, -0.15) is 0 Å². The lowest BCUT2D eigenvalue weighted by atomic mass is 10.1. The minimum absolute atomic E-state index is 0.0738. The van der Waals surface area contributed by atoms with Crippen molar-refractivity contribution in [3.63, 3.8) is 0 Å². The minimum Gasteiger partial charge on any atom is -0.333 e. The molecule has 3 aromatic rings. The molecule has 0 spiro atoms. The zero-order valence-electron chi connectivity index (χ0n) is 12.7. The molecule has 0 radical (unpaired) electrons. The first-order valence-corrected chi connectivity index (χ1v) is 8.39. The molecule has 1 aliphatic rings. The highest BCUT2D eigenvalue weighted by atomic mass is 32.1. The van der Waals surface area contributed by atoms with Crippen molar-refractivity contribution in [2.75, 3.05) is 5.32 Å². The van der Waals surface area contributed by atoms with E-state index in [9.17, 15) is 4.79 Å². The van der Waals surface area contributed by atoms with Gasteiger partial charge in [-0.05, 0) is 12.8 Å². The molecule has 0 aliphatic heterocycles. The first-order chi connectivity index (χ1) is 11.2. The monoisotopic (exact) mass is 324 g/mol. The molecule has 6 heteroatoms. The molecule has 1 amide bonds. The van der Waals surface area contributed by atoms with E-state index in [1.165, 1.54) is 11.3 Å². The SMILES string of the molecule is Cn1ccnc1-c1sc(NC(=O)C2CC2)nc1-c1ccccc1. The predicted octanol–water partition coefficient (Wildman–Crippen LogP) is 3.56. The molecule has 23 heavy (non-hydrogen) atoms. The van der Waals surface area contributed by atoms with Gasteiger partial charge in [-0.3, -0.25) is 4.79 Å². The molecule has 4 rings (SSSR count). The fraction of sp³-hybridized carbons (Fsp3) is 0.235. The summed E-state index contributed by atoms with van der Waals surface area (Å²) >= 11 is 1.47. The zero-order chi connectivity index (χ0) is 15.8. The lowest BCUT2D eigenvalue weighted by molar-refractivity contribution is -0.117. The number of imidazole rings is 1. The fourth-order valence-corrected chi connectivity index (χ4v) is 3.48. The van der Waals surface area contributed by atoms with Gasteiger partial charge in [0.25, 0.3) is 0 Å². The number of anilines is 1. The third-order valence-electron chi connectivity index (χ3n) is 3.88. The quantitative estimate of drug-likeness (QED) is 0.798. The molecule has 1 aliphatic carbocycles. The number of thiazole rings is 1. The summed E-state index contributed by atoms with van der Waals surface area (Å²) < 4.78 is 1.96. The number of nitrogens with zero attached hydrogens (tertiary/aromatic N) is 3. The van der Waals surface area contributed by atoms with Crippen LogP contribution in [-0.4, -0.2) is 20.4 Å². The van der Waals surface area contributed by atoms with E-state index in [0.717, 1.165) is 34.8 Å². The second-order valence-corrected chi connectivity index (χ2v) is 6.69. The molecule has 1 aromatic carbocycles. The Morgan fingerprint density at radius 2 is 2.09 bits per heavy atom. The highest BCUT2D eigenvalue weighted by molar-refractivity contribution is 7.19. The van der Waals surface area contributed by atoms with Crippen LogP contribution in [0.3, 0.4) is 0 Å². The standard InChI is InChI=1S/C17H16N4OS/c1-21-10-9-18-15(21)14-13(11-5-3-2-4-6-11)19-17(23-14)20-16(22)12-7-8-12/h2-6,9-10,12H,7-8H2,1H3,(H,19,20,22). The molecule has 1 saturated carbocycles. The summed E-state index contributed by atoms with van der Waals surface area (Å²) in [5.41, 5.74) is 1.88. The van der Waals surface area contributed by atoms with Crippen molar-refractivity contribution in [2.24, 2.45) is 13.0 Å². The molecular formula is C17H16N4OS. The molecule has 0 bridgehead atoms. The summed E-state index contributed by atoms with van der Waals surface area (Å²) in [6.45, 7) is 0. The van der Waals surface area contributed by atoms with Crippen LogP contribution < -0.4 is 5.32 Å². The van der Waals surface area contributed by atoms with Crippen molar-refractivity contribution >= 4 is 22.4 Å². The topological polar surface area (TPSA) is 59.8 Å². The first-order valence-electron chi connectivity index (χ1n) is 7.57. The molecule has 1 fully saturated rings. The van der Waals surface area contributed by atoms with E-state index in [0.29, 0.717) is 5.13 Å². The van der Waals surface area contributed by atoms with Gasteiger partial charge in [-0.1, -0.05) is 41.7 Å². The van der Waals surface area contributed by atoms with Gasteiger partial charge in [0.2, 0.25) is 5.91 Å². The molecule has 116 valence electrons. The van der Waals surface area contributed by atoms with E-state index in [-0.39, 0.29) is 11.8 Å². The van der Waals surface area contributed by atoms with Gasteiger partial charge in [0.15, 0.2) is 11.0 Å².